The number of nitrogens with one attached hydrogen (secondary N) is 2. The summed E-state index contributed by atoms with van der Waals surface area (Å²) < 4.78 is 6.22. The number of ketones is 1. The van der Waals surface area contributed by atoms with Crippen LogP contribution in [0, 0.1) is 0 Å². The maximum atomic E-state index is 12.8. The zero-order valence-electron chi connectivity index (χ0n) is 18.5. The van der Waals surface area contributed by atoms with E-state index in [0.717, 1.165) is 64.9 Å². The van der Waals surface area contributed by atoms with Gasteiger partial charge in [-0.05, 0) is 61.4 Å². The third-order valence-corrected chi connectivity index (χ3v) is 6.56. The van der Waals surface area contributed by atoms with E-state index in [9.17, 15) is 4.79 Å². The van der Waals surface area contributed by atoms with Crippen molar-refractivity contribution in [2.45, 2.75) is 25.4 Å². The van der Waals surface area contributed by atoms with Crippen LogP contribution in [0.4, 0.5) is 0 Å². The van der Waals surface area contributed by atoms with E-state index in [2.05, 4.69) is 26.9 Å². The van der Waals surface area contributed by atoms with Gasteiger partial charge < -0.3 is 19.6 Å². The summed E-state index contributed by atoms with van der Waals surface area (Å²) in [5, 5.41) is 1.04. The fourth-order valence-electron chi connectivity index (χ4n) is 4.69. The number of likely N-dealkylation sites (tertiary alicyclic amines) is 1. The highest BCUT2D eigenvalue weighted by Gasteiger charge is 2.22. The topological polar surface area (TPSA) is 86.9 Å². The standard InChI is InChI=1S/C26H25N5O2/c1-31-12-8-17(9-13-31)33-18-3-4-22-23(15-18)30-26(29-22)21-14-16(2-5-24(21)32)19-6-10-27-25-20(19)7-11-28-25/h2-4,6-7,10-11,14-15,17H,5,8-9,12-13H2,1H3,(H,27,28)(H,29,30). The van der Waals surface area contributed by atoms with E-state index in [1.54, 1.807) is 6.20 Å². The van der Waals surface area contributed by atoms with Gasteiger partial charge in [0.15, 0.2) is 5.78 Å². The summed E-state index contributed by atoms with van der Waals surface area (Å²) in [6.07, 6.45) is 10.2. The minimum Gasteiger partial charge on any atom is -0.490 e. The fourth-order valence-corrected chi connectivity index (χ4v) is 4.69. The molecule has 1 aromatic carbocycles. The smallest absolute Gasteiger partial charge is 0.170 e. The van der Waals surface area contributed by atoms with Crippen LogP contribution in [0.3, 0.4) is 0 Å². The summed E-state index contributed by atoms with van der Waals surface area (Å²) in [5.74, 6) is 1.49. The van der Waals surface area contributed by atoms with E-state index >= 15 is 0 Å². The normalized spacial score (nSPS) is 18.0. The van der Waals surface area contributed by atoms with Crippen molar-refractivity contribution in [2.75, 3.05) is 20.1 Å². The van der Waals surface area contributed by atoms with Gasteiger partial charge in [0.25, 0.3) is 0 Å². The van der Waals surface area contributed by atoms with E-state index < -0.39 is 0 Å². The predicted molar refractivity (Wildman–Crippen MR) is 129 cm³/mol. The number of rotatable bonds is 4. The maximum absolute atomic E-state index is 12.8. The molecule has 33 heavy (non-hydrogen) atoms. The van der Waals surface area contributed by atoms with Gasteiger partial charge in [-0.1, -0.05) is 6.08 Å². The Bertz CT molecular complexity index is 1420. The van der Waals surface area contributed by atoms with Crippen molar-refractivity contribution in [3.8, 4) is 5.75 Å². The molecule has 4 aromatic rings. The van der Waals surface area contributed by atoms with Gasteiger partial charge in [0.1, 0.15) is 23.3 Å². The lowest BCUT2D eigenvalue weighted by atomic mass is 9.92. The molecule has 0 radical (unpaired) electrons. The van der Waals surface area contributed by atoms with Gasteiger partial charge >= 0.3 is 0 Å². The minimum atomic E-state index is 0.0555. The summed E-state index contributed by atoms with van der Waals surface area (Å²) in [4.78, 5) is 30.7. The number of Topliss-reactive ketones (excluding diaryl/α,β-unsaturated/α-hetero) is 1. The SMILES string of the molecule is CN1CCC(Oc2ccc3nc(C4=CC(c5ccnc6[nH]ccc56)=CCC4=O)[nH]c3c2)CC1. The van der Waals surface area contributed by atoms with Gasteiger partial charge in [-0.25, -0.2) is 9.97 Å². The minimum absolute atomic E-state index is 0.0555. The molecule has 0 spiro atoms. The lowest BCUT2D eigenvalue weighted by Crippen LogP contribution is -2.35. The number of carbonyl (C=O) groups excluding carboxylic acids is 1. The zero-order chi connectivity index (χ0) is 22.4. The Labute approximate surface area is 191 Å². The molecule has 0 amide bonds. The number of piperidine rings is 1. The first-order valence-electron chi connectivity index (χ1n) is 11.4. The summed E-state index contributed by atoms with van der Waals surface area (Å²) in [5.41, 5.74) is 5.18. The lowest BCUT2D eigenvalue weighted by molar-refractivity contribution is -0.113. The third kappa shape index (κ3) is 3.74. The highest BCUT2D eigenvalue weighted by molar-refractivity contribution is 6.24. The number of H-pyrrole nitrogens is 2. The van der Waals surface area contributed by atoms with Crippen LogP contribution >= 0.6 is 0 Å². The first kappa shape index (κ1) is 19.9. The molecule has 4 heterocycles. The Morgan fingerprint density at radius 1 is 1.15 bits per heavy atom. The molecule has 1 fully saturated rings. The highest BCUT2D eigenvalue weighted by atomic mass is 16.5. The van der Waals surface area contributed by atoms with Crippen molar-refractivity contribution in [3.63, 3.8) is 0 Å². The molecule has 0 saturated carbocycles. The van der Waals surface area contributed by atoms with Crippen molar-refractivity contribution in [2.24, 2.45) is 0 Å². The lowest BCUT2D eigenvalue weighted by Gasteiger charge is -2.29. The molecule has 7 nitrogen and oxygen atoms in total. The van der Waals surface area contributed by atoms with Crippen molar-refractivity contribution >= 4 is 39.0 Å². The van der Waals surface area contributed by atoms with Gasteiger partial charge in [-0.3, -0.25) is 4.79 Å². The van der Waals surface area contributed by atoms with E-state index in [-0.39, 0.29) is 11.9 Å². The number of ether oxygens (including phenoxy) is 1. The number of allylic oxidation sites excluding steroid dienone is 4. The molecule has 2 aliphatic rings. The van der Waals surface area contributed by atoms with Crippen molar-refractivity contribution < 1.29 is 9.53 Å². The number of carbonyl (C=O) groups is 1. The maximum Gasteiger partial charge on any atom is 0.170 e. The molecule has 7 heteroatoms. The van der Waals surface area contributed by atoms with Crippen LogP contribution in [0.15, 0.2) is 54.9 Å². The number of aromatic nitrogens is 4. The van der Waals surface area contributed by atoms with Crippen LogP contribution in [-0.4, -0.2) is 56.9 Å². The van der Waals surface area contributed by atoms with E-state index in [1.165, 1.54) is 0 Å². The highest BCUT2D eigenvalue weighted by Crippen LogP contribution is 2.32. The Hall–Kier alpha value is -3.71. The first-order chi connectivity index (χ1) is 16.1. The molecule has 166 valence electrons. The molecule has 0 unspecified atom stereocenters. The van der Waals surface area contributed by atoms with Gasteiger partial charge in [-0.15, -0.1) is 0 Å². The van der Waals surface area contributed by atoms with Crippen LogP contribution in [0.25, 0.3) is 33.2 Å². The predicted octanol–water partition coefficient (Wildman–Crippen LogP) is 4.35. The van der Waals surface area contributed by atoms with Gasteiger partial charge in [0, 0.05) is 43.4 Å². The molecular weight excluding hydrogens is 414 g/mol. The molecular formula is C26H25N5O2. The van der Waals surface area contributed by atoms with Crippen LogP contribution in [0.1, 0.15) is 30.7 Å². The van der Waals surface area contributed by atoms with Crippen molar-refractivity contribution in [1.82, 2.24) is 24.8 Å². The summed E-state index contributed by atoms with van der Waals surface area (Å²) in [7, 11) is 2.14. The number of pyridine rings is 1. The molecule has 1 aliphatic carbocycles. The quantitative estimate of drug-likeness (QED) is 0.494. The van der Waals surface area contributed by atoms with Crippen LogP contribution in [0.5, 0.6) is 5.75 Å². The molecule has 3 aromatic heterocycles. The fraction of sp³-hybridized carbons (Fsp3) is 0.269. The summed E-state index contributed by atoms with van der Waals surface area (Å²) in [6, 6.07) is 9.90. The van der Waals surface area contributed by atoms with Gasteiger partial charge in [0.05, 0.1) is 16.6 Å². The number of fused-ring (bicyclic) bond motifs is 2. The molecule has 2 N–H and O–H groups in total. The van der Waals surface area contributed by atoms with Crippen molar-refractivity contribution in [3.05, 3.63) is 66.3 Å². The third-order valence-electron chi connectivity index (χ3n) is 6.56. The molecule has 0 atom stereocenters. The van der Waals surface area contributed by atoms with Crippen LogP contribution in [-0.2, 0) is 4.79 Å². The zero-order valence-corrected chi connectivity index (χ0v) is 18.5. The largest absolute Gasteiger partial charge is 0.490 e. The summed E-state index contributed by atoms with van der Waals surface area (Å²) in [6.45, 7) is 2.11. The second kappa shape index (κ2) is 8.01. The molecule has 1 aliphatic heterocycles. The van der Waals surface area contributed by atoms with Crippen molar-refractivity contribution in [1.29, 1.82) is 0 Å². The van der Waals surface area contributed by atoms with Crippen LogP contribution in [0.2, 0.25) is 0 Å². The Balaban J connectivity index is 1.31. The number of benzene rings is 1. The van der Waals surface area contributed by atoms with Crippen LogP contribution < -0.4 is 4.74 Å². The average molecular weight is 440 g/mol. The number of nitrogens with zero attached hydrogens (tertiary/aromatic N) is 3. The number of hydrogen-bond donors (Lipinski definition) is 2. The first-order valence-corrected chi connectivity index (χ1v) is 11.4. The van der Waals surface area contributed by atoms with Gasteiger partial charge in [-0.2, -0.15) is 0 Å². The number of hydrogen-bond acceptors (Lipinski definition) is 5. The van der Waals surface area contributed by atoms with E-state index in [1.807, 2.05) is 48.7 Å². The molecule has 0 bridgehead atoms. The monoisotopic (exact) mass is 439 g/mol. The van der Waals surface area contributed by atoms with Gasteiger partial charge in [0.2, 0.25) is 0 Å². The van der Waals surface area contributed by atoms with E-state index in [0.29, 0.717) is 17.8 Å². The Morgan fingerprint density at radius 3 is 2.91 bits per heavy atom. The Morgan fingerprint density at radius 2 is 2.03 bits per heavy atom. The molecule has 1 saturated heterocycles. The Kier molecular flexibility index (Phi) is 4.84. The number of aromatic amines is 2. The van der Waals surface area contributed by atoms with E-state index in [4.69, 9.17) is 9.72 Å². The molecule has 6 rings (SSSR count). The second-order valence-electron chi connectivity index (χ2n) is 8.83. The second-order valence-corrected chi connectivity index (χ2v) is 8.83. The average Bonchev–Trinajstić information content (AvgIpc) is 3.47. The summed E-state index contributed by atoms with van der Waals surface area (Å²) >= 11 is 0. The number of imidazole rings is 1.